The molecule has 0 saturated heterocycles. The summed E-state index contributed by atoms with van der Waals surface area (Å²) in [7, 11) is 0. The number of hydrogen-bond donors (Lipinski definition) is 0. The lowest BCUT2D eigenvalue weighted by molar-refractivity contribution is 0.593. The molecule has 0 aromatic rings. The van der Waals surface area contributed by atoms with Crippen molar-refractivity contribution in [3.8, 4) is 0 Å². The van der Waals surface area contributed by atoms with Gasteiger partial charge in [0, 0.05) is 5.70 Å². The maximum absolute atomic E-state index is 3.94. The highest BCUT2D eigenvalue weighted by Crippen LogP contribution is 2.25. The van der Waals surface area contributed by atoms with Crippen molar-refractivity contribution in [1.82, 2.24) is 0 Å². The predicted molar refractivity (Wildman–Crippen MR) is 45.3 cm³/mol. The second kappa shape index (κ2) is 3.55. The van der Waals surface area contributed by atoms with Crippen LogP contribution in [0.5, 0.6) is 0 Å². The van der Waals surface area contributed by atoms with E-state index in [2.05, 4.69) is 18.6 Å². The average Bonchev–Trinajstić information content (AvgIpc) is 2.05. The standard InChI is InChI=1S/C9H15N/c1-8(10-2)9-6-4-3-5-7-9/h2-7H2,1H3. The summed E-state index contributed by atoms with van der Waals surface area (Å²) in [5, 5.41) is 0. The number of rotatable bonds is 1. The van der Waals surface area contributed by atoms with Gasteiger partial charge < -0.3 is 0 Å². The highest BCUT2D eigenvalue weighted by Gasteiger charge is 2.06. The molecule has 0 aromatic heterocycles. The maximum Gasteiger partial charge on any atom is 0.0357 e. The van der Waals surface area contributed by atoms with Crippen molar-refractivity contribution in [1.29, 1.82) is 0 Å². The minimum atomic E-state index is 1.17. The van der Waals surface area contributed by atoms with Crippen LogP contribution in [0.1, 0.15) is 39.0 Å². The van der Waals surface area contributed by atoms with Gasteiger partial charge in [-0.1, -0.05) is 6.42 Å². The summed E-state index contributed by atoms with van der Waals surface area (Å²) in [5.41, 5.74) is 2.70. The first-order valence-electron chi connectivity index (χ1n) is 4.00. The van der Waals surface area contributed by atoms with E-state index in [4.69, 9.17) is 0 Å². The first-order valence-corrected chi connectivity index (χ1v) is 4.00. The SMILES string of the molecule is C=NC(C)=C1CCCCC1. The predicted octanol–water partition coefficient (Wildman–Crippen LogP) is 2.93. The number of allylic oxidation sites excluding steroid dienone is 2. The molecule has 0 radical (unpaired) electrons. The molecule has 1 fully saturated rings. The Hall–Kier alpha value is -0.590. The minimum absolute atomic E-state index is 1.17. The van der Waals surface area contributed by atoms with E-state index >= 15 is 0 Å². The average molecular weight is 137 g/mol. The third-order valence-electron chi connectivity index (χ3n) is 2.21. The Kier molecular flexibility index (Phi) is 2.67. The van der Waals surface area contributed by atoms with Gasteiger partial charge in [0.2, 0.25) is 0 Å². The van der Waals surface area contributed by atoms with Gasteiger partial charge in [-0.2, -0.15) is 0 Å². The molecule has 1 saturated carbocycles. The molecule has 1 aliphatic rings. The Labute approximate surface area is 62.9 Å². The van der Waals surface area contributed by atoms with Crippen molar-refractivity contribution >= 4 is 6.72 Å². The molecule has 56 valence electrons. The Morgan fingerprint density at radius 2 is 1.90 bits per heavy atom. The van der Waals surface area contributed by atoms with Gasteiger partial charge in [-0.05, 0) is 44.9 Å². The van der Waals surface area contributed by atoms with E-state index in [1.165, 1.54) is 43.4 Å². The molecule has 0 unspecified atom stereocenters. The molecule has 1 nitrogen and oxygen atoms in total. The van der Waals surface area contributed by atoms with E-state index in [1.54, 1.807) is 0 Å². The quantitative estimate of drug-likeness (QED) is 0.493. The lowest BCUT2D eigenvalue weighted by Crippen LogP contribution is -1.95. The van der Waals surface area contributed by atoms with Crippen LogP contribution in [0.25, 0.3) is 0 Å². The zero-order valence-corrected chi connectivity index (χ0v) is 6.69. The zero-order valence-electron chi connectivity index (χ0n) is 6.69. The molecule has 0 aliphatic heterocycles. The van der Waals surface area contributed by atoms with Crippen molar-refractivity contribution in [3.63, 3.8) is 0 Å². The molecule has 10 heavy (non-hydrogen) atoms. The zero-order chi connectivity index (χ0) is 7.40. The number of aliphatic imine (C=N–C) groups is 1. The summed E-state index contributed by atoms with van der Waals surface area (Å²) in [6, 6.07) is 0. The van der Waals surface area contributed by atoms with Crippen LogP contribution < -0.4 is 0 Å². The molecule has 1 aliphatic carbocycles. The second-order valence-corrected chi connectivity index (χ2v) is 2.91. The van der Waals surface area contributed by atoms with E-state index in [9.17, 15) is 0 Å². The Morgan fingerprint density at radius 3 is 2.40 bits per heavy atom. The summed E-state index contributed by atoms with van der Waals surface area (Å²) in [6.45, 7) is 5.59. The van der Waals surface area contributed by atoms with Crippen LogP contribution in [0, 0.1) is 0 Å². The molecule has 0 bridgehead atoms. The van der Waals surface area contributed by atoms with Crippen molar-refractivity contribution in [2.75, 3.05) is 0 Å². The fraction of sp³-hybridized carbons (Fsp3) is 0.667. The first kappa shape index (κ1) is 7.52. The fourth-order valence-electron chi connectivity index (χ4n) is 1.45. The molecule has 0 aromatic carbocycles. The molecule has 1 heteroatoms. The Balaban J connectivity index is 2.59. The van der Waals surface area contributed by atoms with Crippen molar-refractivity contribution in [2.45, 2.75) is 39.0 Å². The van der Waals surface area contributed by atoms with Gasteiger partial charge in [0.05, 0.1) is 0 Å². The van der Waals surface area contributed by atoms with E-state index in [0.29, 0.717) is 0 Å². The van der Waals surface area contributed by atoms with E-state index in [1.807, 2.05) is 0 Å². The van der Waals surface area contributed by atoms with Crippen LogP contribution >= 0.6 is 0 Å². The smallest absolute Gasteiger partial charge is 0.0357 e. The first-order chi connectivity index (χ1) is 4.84. The number of hydrogen-bond acceptors (Lipinski definition) is 1. The van der Waals surface area contributed by atoms with E-state index in [-0.39, 0.29) is 0 Å². The van der Waals surface area contributed by atoms with Crippen LogP contribution in [0.15, 0.2) is 16.3 Å². The van der Waals surface area contributed by atoms with Gasteiger partial charge in [-0.25, -0.2) is 0 Å². The third-order valence-corrected chi connectivity index (χ3v) is 2.21. The summed E-state index contributed by atoms with van der Waals surface area (Å²) in [6.07, 6.45) is 6.61. The topological polar surface area (TPSA) is 12.4 Å². The maximum atomic E-state index is 3.94. The Bertz CT molecular complexity index is 148. The van der Waals surface area contributed by atoms with Gasteiger partial charge in [-0.15, -0.1) is 0 Å². The highest BCUT2D eigenvalue weighted by atomic mass is 14.7. The summed E-state index contributed by atoms with van der Waals surface area (Å²) in [5.74, 6) is 0. The molecule has 0 N–H and O–H groups in total. The Morgan fingerprint density at radius 1 is 1.30 bits per heavy atom. The fourth-order valence-corrected chi connectivity index (χ4v) is 1.45. The normalized spacial score (nSPS) is 18.7. The highest BCUT2D eigenvalue weighted by molar-refractivity contribution is 5.30. The second-order valence-electron chi connectivity index (χ2n) is 2.91. The van der Waals surface area contributed by atoms with Gasteiger partial charge in [0.1, 0.15) is 0 Å². The summed E-state index contributed by atoms with van der Waals surface area (Å²) in [4.78, 5) is 3.94. The van der Waals surface area contributed by atoms with Crippen molar-refractivity contribution in [3.05, 3.63) is 11.3 Å². The van der Waals surface area contributed by atoms with Crippen molar-refractivity contribution in [2.24, 2.45) is 4.99 Å². The van der Waals surface area contributed by atoms with Crippen LogP contribution in [0.4, 0.5) is 0 Å². The van der Waals surface area contributed by atoms with Gasteiger partial charge >= 0.3 is 0 Å². The van der Waals surface area contributed by atoms with Gasteiger partial charge in [0.15, 0.2) is 0 Å². The van der Waals surface area contributed by atoms with Crippen LogP contribution in [-0.2, 0) is 0 Å². The van der Waals surface area contributed by atoms with Gasteiger partial charge in [-0.3, -0.25) is 4.99 Å². The monoisotopic (exact) mass is 137 g/mol. The lowest BCUT2D eigenvalue weighted by atomic mass is 9.94. The molecule has 0 amide bonds. The van der Waals surface area contributed by atoms with Gasteiger partial charge in [0.25, 0.3) is 0 Å². The van der Waals surface area contributed by atoms with Crippen LogP contribution in [0.2, 0.25) is 0 Å². The van der Waals surface area contributed by atoms with E-state index < -0.39 is 0 Å². The van der Waals surface area contributed by atoms with Crippen LogP contribution in [0.3, 0.4) is 0 Å². The molecular weight excluding hydrogens is 122 g/mol. The summed E-state index contributed by atoms with van der Waals surface area (Å²) < 4.78 is 0. The molecule has 0 heterocycles. The van der Waals surface area contributed by atoms with Crippen LogP contribution in [-0.4, -0.2) is 6.72 Å². The van der Waals surface area contributed by atoms with E-state index in [0.717, 1.165) is 0 Å². The molecule has 0 atom stereocenters. The lowest BCUT2D eigenvalue weighted by Gasteiger charge is -2.14. The molecule has 1 rings (SSSR count). The molecule has 0 spiro atoms. The number of nitrogens with zero attached hydrogens (tertiary/aromatic N) is 1. The summed E-state index contributed by atoms with van der Waals surface area (Å²) >= 11 is 0. The third kappa shape index (κ3) is 1.69. The molecular formula is C9H15N. The van der Waals surface area contributed by atoms with Crippen molar-refractivity contribution < 1.29 is 0 Å². The minimum Gasteiger partial charge on any atom is -0.269 e. The largest absolute Gasteiger partial charge is 0.269 e.